The molecule has 6 heteroatoms. The van der Waals surface area contributed by atoms with Gasteiger partial charge in [-0.05, 0) is 18.3 Å². The smallest absolute Gasteiger partial charge is 0.303 e. The van der Waals surface area contributed by atoms with Crippen LogP contribution in [-0.4, -0.2) is 27.0 Å². The van der Waals surface area contributed by atoms with Crippen LogP contribution in [0.5, 0.6) is 0 Å². The predicted octanol–water partition coefficient (Wildman–Crippen LogP) is 1.45. The van der Waals surface area contributed by atoms with Gasteiger partial charge in [0, 0.05) is 18.8 Å². The lowest BCUT2D eigenvalue weighted by atomic mass is 9.79. The Balaban J connectivity index is 1.86. The summed E-state index contributed by atoms with van der Waals surface area (Å²) in [4.78, 5) is 29.8. The minimum atomic E-state index is -0.819. The van der Waals surface area contributed by atoms with E-state index >= 15 is 0 Å². The Hall–Kier alpha value is -1.85. The van der Waals surface area contributed by atoms with E-state index in [2.05, 4.69) is 15.3 Å². The first-order chi connectivity index (χ1) is 9.10. The van der Waals surface area contributed by atoms with Crippen molar-refractivity contribution in [3.8, 4) is 0 Å². The van der Waals surface area contributed by atoms with Gasteiger partial charge in [0.2, 0.25) is 5.91 Å². The lowest BCUT2D eigenvalue weighted by Gasteiger charge is -2.26. The summed E-state index contributed by atoms with van der Waals surface area (Å²) in [5.74, 6) is -0.215. The van der Waals surface area contributed by atoms with Crippen LogP contribution < -0.4 is 5.32 Å². The fraction of sp³-hybridized carbons (Fsp3) is 0.615. The molecular formula is C13H19N3O3. The third-order valence-electron chi connectivity index (χ3n) is 3.73. The van der Waals surface area contributed by atoms with Crippen molar-refractivity contribution in [3.05, 3.63) is 18.2 Å². The van der Waals surface area contributed by atoms with E-state index in [0.29, 0.717) is 18.8 Å². The van der Waals surface area contributed by atoms with Crippen molar-refractivity contribution in [1.29, 1.82) is 0 Å². The molecule has 1 aromatic rings. The Kier molecular flexibility index (Phi) is 4.19. The summed E-state index contributed by atoms with van der Waals surface area (Å²) in [6.45, 7) is 0.356. The number of aromatic nitrogens is 2. The van der Waals surface area contributed by atoms with Crippen molar-refractivity contribution in [1.82, 2.24) is 15.3 Å². The molecule has 3 N–H and O–H groups in total. The zero-order valence-electron chi connectivity index (χ0n) is 10.8. The van der Waals surface area contributed by atoms with E-state index in [1.807, 2.05) is 0 Å². The Morgan fingerprint density at radius 1 is 1.37 bits per heavy atom. The van der Waals surface area contributed by atoms with Crippen LogP contribution >= 0.6 is 0 Å². The zero-order valence-corrected chi connectivity index (χ0v) is 10.8. The number of H-pyrrole nitrogens is 1. The molecule has 0 spiro atoms. The van der Waals surface area contributed by atoms with Crippen molar-refractivity contribution >= 4 is 11.9 Å². The molecule has 1 fully saturated rings. The second-order valence-corrected chi connectivity index (χ2v) is 5.27. The minimum absolute atomic E-state index is 0.0845. The summed E-state index contributed by atoms with van der Waals surface area (Å²) in [6, 6.07) is 0. The molecule has 0 radical (unpaired) electrons. The summed E-state index contributed by atoms with van der Waals surface area (Å²) in [5.41, 5.74) is -0.348. The molecule has 1 amide bonds. The number of rotatable bonds is 6. The maximum absolute atomic E-state index is 11.9. The first kappa shape index (κ1) is 13.6. The SMILES string of the molecule is O=C(O)CC1(CC(=O)NCc2ncc[nH]2)CCCC1. The highest BCUT2D eigenvalue weighted by atomic mass is 16.4. The average molecular weight is 265 g/mol. The number of carboxylic acid groups (broad SMARTS) is 1. The first-order valence-corrected chi connectivity index (χ1v) is 6.56. The summed E-state index contributed by atoms with van der Waals surface area (Å²) >= 11 is 0. The number of hydrogen-bond acceptors (Lipinski definition) is 3. The van der Waals surface area contributed by atoms with Crippen LogP contribution in [0, 0.1) is 5.41 Å². The van der Waals surface area contributed by atoms with Gasteiger partial charge in [0.25, 0.3) is 0 Å². The fourth-order valence-corrected chi connectivity index (χ4v) is 2.84. The van der Waals surface area contributed by atoms with Crippen molar-refractivity contribution < 1.29 is 14.7 Å². The van der Waals surface area contributed by atoms with Crippen LogP contribution in [0.25, 0.3) is 0 Å². The molecule has 0 atom stereocenters. The molecule has 0 saturated heterocycles. The van der Waals surface area contributed by atoms with Gasteiger partial charge in [-0.2, -0.15) is 0 Å². The Morgan fingerprint density at radius 3 is 2.68 bits per heavy atom. The van der Waals surface area contributed by atoms with E-state index in [-0.39, 0.29) is 17.7 Å². The number of carbonyl (C=O) groups excluding carboxylic acids is 1. The van der Waals surface area contributed by atoms with Gasteiger partial charge in [0.15, 0.2) is 0 Å². The third-order valence-corrected chi connectivity index (χ3v) is 3.73. The van der Waals surface area contributed by atoms with Gasteiger partial charge in [0.05, 0.1) is 13.0 Å². The molecule has 1 aliphatic rings. The van der Waals surface area contributed by atoms with Crippen LogP contribution in [0.4, 0.5) is 0 Å². The molecule has 6 nitrogen and oxygen atoms in total. The number of carboxylic acids is 1. The van der Waals surface area contributed by atoms with Gasteiger partial charge in [0.1, 0.15) is 5.82 Å². The Bertz CT molecular complexity index is 436. The molecular weight excluding hydrogens is 246 g/mol. The quantitative estimate of drug-likeness (QED) is 0.725. The minimum Gasteiger partial charge on any atom is -0.481 e. The zero-order chi connectivity index (χ0) is 13.7. The molecule has 0 bridgehead atoms. The predicted molar refractivity (Wildman–Crippen MR) is 68.2 cm³/mol. The number of nitrogens with one attached hydrogen (secondary N) is 2. The highest BCUT2D eigenvalue weighted by Crippen LogP contribution is 2.43. The molecule has 0 aliphatic heterocycles. The molecule has 1 aliphatic carbocycles. The molecule has 1 heterocycles. The van der Waals surface area contributed by atoms with E-state index in [9.17, 15) is 9.59 Å². The molecule has 104 valence electrons. The van der Waals surface area contributed by atoms with E-state index in [1.54, 1.807) is 12.4 Å². The largest absolute Gasteiger partial charge is 0.481 e. The van der Waals surface area contributed by atoms with Crippen molar-refractivity contribution in [3.63, 3.8) is 0 Å². The topological polar surface area (TPSA) is 95.1 Å². The van der Waals surface area contributed by atoms with Gasteiger partial charge in [-0.25, -0.2) is 4.98 Å². The van der Waals surface area contributed by atoms with Gasteiger partial charge in [-0.15, -0.1) is 0 Å². The highest BCUT2D eigenvalue weighted by Gasteiger charge is 2.37. The molecule has 0 aromatic carbocycles. The lowest BCUT2D eigenvalue weighted by Crippen LogP contribution is -2.32. The Labute approximate surface area is 111 Å². The van der Waals surface area contributed by atoms with Crippen molar-refractivity contribution in [2.24, 2.45) is 5.41 Å². The van der Waals surface area contributed by atoms with E-state index in [1.165, 1.54) is 0 Å². The van der Waals surface area contributed by atoms with Crippen LogP contribution in [0.3, 0.4) is 0 Å². The fourth-order valence-electron chi connectivity index (χ4n) is 2.84. The number of amides is 1. The number of hydrogen-bond donors (Lipinski definition) is 3. The molecule has 1 aromatic heterocycles. The third kappa shape index (κ3) is 3.81. The van der Waals surface area contributed by atoms with Gasteiger partial charge in [-0.3, -0.25) is 9.59 Å². The highest BCUT2D eigenvalue weighted by molar-refractivity contribution is 5.78. The standard InChI is InChI=1S/C13H19N3O3/c17-11(16-9-10-14-5-6-15-10)7-13(8-12(18)19)3-1-2-4-13/h5-6H,1-4,7-9H2,(H,14,15)(H,16,17)(H,18,19). The second-order valence-electron chi connectivity index (χ2n) is 5.27. The Morgan fingerprint density at radius 2 is 2.11 bits per heavy atom. The molecule has 0 unspecified atom stereocenters. The number of aliphatic carboxylic acids is 1. The van der Waals surface area contributed by atoms with E-state index < -0.39 is 5.97 Å². The summed E-state index contributed by atoms with van der Waals surface area (Å²) in [6.07, 6.45) is 7.38. The van der Waals surface area contributed by atoms with Crippen LogP contribution in [0.2, 0.25) is 0 Å². The van der Waals surface area contributed by atoms with Crippen LogP contribution in [0.1, 0.15) is 44.3 Å². The van der Waals surface area contributed by atoms with Gasteiger partial charge < -0.3 is 15.4 Å². The summed E-state index contributed by atoms with van der Waals surface area (Å²) in [7, 11) is 0. The number of nitrogens with zero attached hydrogens (tertiary/aromatic N) is 1. The lowest BCUT2D eigenvalue weighted by molar-refractivity contribution is -0.140. The van der Waals surface area contributed by atoms with Crippen LogP contribution in [-0.2, 0) is 16.1 Å². The van der Waals surface area contributed by atoms with Crippen LogP contribution in [0.15, 0.2) is 12.4 Å². The van der Waals surface area contributed by atoms with Gasteiger partial charge >= 0.3 is 5.97 Å². The second kappa shape index (κ2) is 5.86. The molecule has 1 saturated carbocycles. The number of imidazole rings is 1. The monoisotopic (exact) mass is 265 g/mol. The maximum Gasteiger partial charge on any atom is 0.303 e. The maximum atomic E-state index is 11.9. The van der Waals surface area contributed by atoms with Gasteiger partial charge in [-0.1, -0.05) is 12.8 Å². The molecule has 19 heavy (non-hydrogen) atoms. The number of aromatic amines is 1. The van der Waals surface area contributed by atoms with Crippen molar-refractivity contribution in [2.45, 2.75) is 45.1 Å². The number of carbonyl (C=O) groups is 2. The van der Waals surface area contributed by atoms with Crippen molar-refractivity contribution in [2.75, 3.05) is 0 Å². The first-order valence-electron chi connectivity index (χ1n) is 6.56. The normalized spacial score (nSPS) is 17.3. The average Bonchev–Trinajstić information content (AvgIpc) is 2.97. The van der Waals surface area contributed by atoms with E-state index in [4.69, 9.17) is 5.11 Å². The van der Waals surface area contributed by atoms with E-state index in [0.717, 1.165) is 25.7 Å². The molecule has 2 rings (SSSR count). The summed E-state index contributed by atoms with van der Waals surface area (Å²) in [5, 5.41) is 11.8. The summed E-state index contributed by atoms with van der Waals surface area (Å²) < 4.78 is 0.